The molecular weight excluding hydrogens is 266 g/mol. The standard InChI is InChI=1S/C16H9N3S/c1-18-15(10-17)12-9-14(11-5-3-2-4-6-11)19-13-7-8-20-16(12)13/h2-9,15H. The van der Waals surface area contributed by atoms with Gasteiger partial charge in [0, 0.05) is 5.56 Å². The van der Waals surface area contributed by atoms with E-state index in [4.69, 9.17) is 11.8 Å². The third-order valence-electron chi connectivity index (χ3n) is 3.06. The number of benzene rings is 1. The zero-order valence-corrected chi connectivity index (χ0v) is 11.3. The molecule has 0 aliphatic carbocycles. The molecule has 3 nitrogen and oxygen atoms in total. The zero-order valence-electron chi connectivity index (χ0n) is 10.4. The first kappa shape index (κ1) is 12.3. The van der Waals surface area contributed by atoms with Gasteiger partial charge in [-0.3, -0.25) is 4.85 Å². The highest BCUT2D eigenvalue weighted by molar-refractivity contribution is 7.17. The van der Waals surface area contributed by atoms with Crippen molar-refractivity contribution in [1.82, 2.24) is 4.98 Å². The number of nitriles is 1. The van der Waals surface area contributed by atoms with Crippen LogP contribution in [0.25, 0.3) is 26.3 Å². The molecule has 0 N–H and O–H groups in total. The fraction of sp³-hybridized carbons (Fsp3) is 0.0625. The fourth-order valence-electron chi connectivity index (χ4n) is 2.11. The van der Waals surface area contributed by atoms with Gasteiger partial charge in [-0.15, -0.1) is 11.3 Å². The summed E-state index contributed by atoms with van der Waals surface area (Å²) in [5.74, 6) is 0. The van der Waals surface area contributed by atoms with Gasteiger partial charge in [-0.05, 0) is 17.5 Å². The van der Waals surface area contributed by atoms with E-state index in [-0.39, 0.29) is 0 Å². The van der Waals surface area contributed by atoms with Gasteiger partial charge in [0.2, 0.25) is 0 Å². The normalized spacial score (nSPS) is 11.7. The second kappa shape index (κ2) is 5.13. The van der Waals surface area contributed by atoms with Crippen LogP contribution in [0.1, 0.15) is 11.6 Å². The molecule has 0 saturated heterocycles. The first-order valence-corrected chi connectivity index (χ1v) is 6.91. The summed E-state index contributed by atoms with van der Waals surface area (Å²) in [6.07, 6.45) is 0. The Balaban J connectivity index is 2.27. The number of nitrogens with zero attached hydrogens (tertiary/aromatic N) is 3. The molecule has 0 saturated carbocycles. The van der Waals surface area contributed by atoms with E-state index in [1.807, 2.05) is 47.8 Å². The Morgan fingerprint density at radius 1 is 1.25 bits per heavy atom. The van der Waals surface area contributed by atoms with Gasteiger partial charge in [0.1, 0.15) is 0 Å². The van der Waals surface area contributed by atoms with E-state index < -0.39 is 6.04 Å². The Hall–Kier alpha value is -2.69. The summed E-state index contributed by atoms with van der Waals surface area (Å²) < 4.78 is 0.923. The molecule has 2 aromatic heterocycles. The van der Waals surface area contributed by atoms with Crippen molar-refractivity contribution in [3.63, 3.8) is 0 Å². The summed E-state index contributed by atoms with van der Waals surface area (Å²) in [5, 5.41) is 11.1. The summed E-state index contributed by atoms with van der Waals surface area (Å²) in [6, 6.07) is 14.9. The van der Waals surface area contributed by atoms with Crippen molar-refractivity contribution in [3.8, 4) is 17.3 Å². The molecule has 0 spiro atoms. The largest absolute Gasteiger partial charge is 0.333 e. The summed E-state index contributed by atoms with van der Waals surface area (Å²) in [6.45, 7) is 7.19. The van der Waals surface area contributed by atoms with Crippen LogP contribution in [-0.4, -0.2) is 4.98 Å². The van der Waals surface area contributed by atoms with Gasteiger partial charge in [0.15, 0.2) is 6.07 Å². The van der Waals surface area contributed by atoms with Crippen molar-refractivity contribution >= 4 is 21.6 Å². The van der Waals surface area contributed by atoms with Crippen molar-refractivity contribution in [1.29, 1.82) is 5.26 Å². The first-order valence-electron chi connectivity index (χ1n) is 6.03. The van der Waals surface area contributed by atoms with E-state index in [2.05, 4.69) is 15.9 Å². The molecule has 20 heavy (non-hydrogen) atoms. The summed E-state index contributed by atoms with van der Waals surface area (Å²) in [7, 11) is 0. The number of hydrogen-bond donors (Lipinski definition) is 0. The minimum atomic E-state index is -0.776. The highest BCUT2D eigenvalue weighted by Crippen LogP contribution is 2.33. The second-order valence-corrected chi connectivity index (χ2v) is 5.17. The molecular formula is C16H9N3S. The monoisotopic (exact) mass is 275 g/mol. The number of hydrogen-bond acceptors (Lipinski definition) is 3. The quantitative estimate of drug-likeness (QED) is 0.648. The topological polar surface area (TPSA) is 41.0 Å². The van der Waals surface area contributed by atoms with Gasteiger partial charge in [0.25, 0.3) is 0 Å². The molecule has 2 heterocycles. The molecule has 94 valence electrons. The van der Waals surface area contributed by atoms with Crippen LogP contribution in [0.4, 0.5) is 0 Å². The van der Waals surface area contributed by atoms with Crippen molar-refractivity contribution in [2.24, 2.45) is 0 Å². The van der Waals surface area contributed by atoms with E-state index in [9.17, 15) is 0 Å². The van der Waals surface area contributed by atoms with Crippen LogP contribution in [0.5, 0.6) is 0 Å². The minimum Gasteiger partial charge on any atom is -0.292 e. The molecule has 0 aliphatic rings. The maximum Gasteiger partial charge on any atom is 0.333 e. The molecule has 1 unspecified atom stereocenters. The maximum atomic E-state index is 9.16. The molecule has 1 atom stereocenters. The average molecular weight is 275 g/mol. The zero-order chi connectivity index (χ0) is 13.9. The van der Waals surface area contributed by atoms with Crippen LogP contribution in [0.15, 0.2) is 47.8 Å². The lowest BCUT2D eigenvalue weighted by atomic mass is 10.0. The van der Waals surface area contributed by atoms with Gasteiger partial charge in [-0.1, -0.05) is 30.3 Å². The fourth-order valence-corrected chi connectivity index (χ4v) is 2.98. The first-order chi connectivity index (χ1) is 9.83. The molecule has 4 heteroatoms. The highest BCUT2D eigenvalue weighted by Gasteiger charge is 2.20. The van der Waals surface area contributed by atoms with Crippen LogP contribution in [-0.2, 0) is 0 Å². The predicted octanol–water partition coefficient (Wildman–Crippen LogP) is 4.45. The lowest BCUT2D eigenvalue weighted by Gasteiger charge is -2.05. The average Bonchev–Trinajstić information content (AvgIpc) is 2.97. The number of fused-ring (bicyclic) bond motifs is 1. The Bertz CT molecular complexity index is 824. The molecule has 0 fully saturated rings. The third kappa shape index (κ3) is 2.03. The lowest BCUT2D eigenvalue weighted by Crippen LogP contribution is -1.93. The smallest absolute Gasteiger partial charge is 0.292 e. The summed E-state index contributed by atoms with van der Waals surface area (Å²) >= 11 is 1.52. The molecule has 0 amide bonds. The third-order valence-corrected chi connectivity index (χ3v) is 4.01. The van der Waals surface area contributed by atoms with E-state index in [1.165, 1.54) is 11.3 Å². The van der Waals surface area contributed by atoms with Crippen LogP contribution >= 0.6 is 11.3 Å². The van der Waals surface area contributed by atoms with Crippen LogP contribution < -0.4 is 0 Å². The molecule has 1 aromatic carbocycles. The van der Waals surface area contributed by atoms with Crippen molar-refractivity contribution in [2.75, 3.05) is 0 Å². The summed E-state index contributed by atoms with van der Waals surface area (Å²) in [4.78, 5) is 8.02. The van der Waals surface area contributed by atoms with E-state index >= 15 is 0 Å². The molecule has 3 rings (SSSR count). The maximum absolute atomic E-state index is 9.16. The number of rotatable bonds is 2. The Morgan fingerprint density at radius 2 is 2.05 bits per heavy atom. The SMILES string of the molecule is [C-]#[N+]C(C#N)c1cc(-c2ccccc2)nc2ccsc12. The van der Waals surface area contributed by atoms with Crippen molar-refractivity contribution in [3.05, 3.63) is 64.8 Å². The van der Waals surface area contributed by atoms with E-state index in [0.717, 1.165) is 27.0 Å². The number of aromatic nitrogens is 1. The Kier molecular flexibility index (Phi) is 3.16. The molecule has 3 aromatic rings. The van der Waals surface area contributed by atoms with Gasteiger partial charge in [-0.25, -0.2) is 11.6 Å². The van der Waals surface area contributed by atoms with E-state index in [1.54, 1.807) is 0 Å². The van der Waals surface area contributed by atoms with Crippen LogP contribution in [0.3, 0.4) is 0 Å². The van der Waals surface area contributed by atoms with Crippen LogP contribution in [0, 0.1) is 17.9 Å². The van der Waals surface area contributed by atoms with Crippen molar-refractivity contribution < 1.29 is 0 Å². The highest BCUT2D eigenvalue weighted by atomic mass is 32.1. The minimum absolute atomic E-state index is 0.751. The Labute approximate surface area is 120 Å². The van der Waals surface area contributed by atoms with Gasteiger partial charge >= 0.3 is 6.04 Å². The van der Waals surface area contributed by atoms with Gasteiger partial charge in [-0.2, -0.15) is 5.26 Å². The van der Waals surface area contributed by atoms with Gasteiger partial charge < -0.3 is 0 Å². The van der Waals surface area contributed by atoms with Crippen LogP contribution in [0.2, 0.25) is 0 Å². The molecule has 0 bridgehead atoms. The molecule has 0 radical (unpaired) electrons. The lowest BCUT2D eigenvalue weighted by molar-refractivity contribution is 1.10. The van der Waals surface area contributed by atoms with Gasteiger partial charge in [0.05, 0.1) is 21.5 Å². The number of thiophene rings is 1. The number of pyridine rings is 1. The predicted molar refractivity (Wildman–Crippen MR) is 80.0 cm³/mol. The second-order valence-electron chi connectivity index (χ2n) is 4.26. The van der Waals surface area contributed by atoms with E-state index in [0.29, 0.717) is 0 Å². The van der Waals surface area contributed by atoms with Crippen molar-refractivity contribution in [2.45, 2.75) is 6.04 Å². The Morgan fingerprint density at radius 3 is 2.75 bits per heavy atom. The molecule has 0 aliphatic heterocycles. The summed E-state index contributed by atoms with van der Waals surface area (Å²) in [5.41, 5.74) is 3.38.